The second-order valence-electron chi connectivity index (χ2n) is 5.48. The van der Waals surface area contributed by atoms with Crippen LogP contribution in [0, 0.1) is 18.3 Å². The van der Waals surface area contributed by atoms with E-state index in [2.05, 4.69) is 6.07 Å². The molecule has 1 rings (SSSR count). The van der Waals surface area contributed by atoms with Crippen molar-refractivity contribution < 1.29 is 9.53 Å². The van der Waals surface area contributed by atoms with Gasteiger partial charge in [-0.2, -0.15) is 5.26 Å². The monoisotopic (exact) mass is 260 g/mol. The van der Waals surface area contributed by atoms with Crippen molar-refractivity contribution in [1.82, 2.24) is 4.90 Å². The van der Waals surface area contributed by atoms with Crippen LogP contribution < -0.4 is 0 Å². The van der Waals surface area contributed by atoms with Crippen molar-refractivity contribution in [2.75, 3.05) is 7.05 Å². The molecule has 1 unspecified atom stereocenters. The molecular weight excluding hydrogens is 240 g/mol. The Morgan fingerprint density at radius 2 is 1.95 bits per heavy atom. The van der Waals surface area contributed by atoms with Crippen LogP contribution in [0.3, 0.4) is 0 Å². The van der Waals surface area contributed by atoms with E-state index in [-0.39, 0.29) is 0 Å². The molecule has 0 bridgehead atoms. The second-order valence-corrected chi connectivity index (χ2v) is 5.48. The van der Waals surface area contributed by atoms with Gasteiger partial charge < -0.3 is 4.74 Å². The summed E-state index contributed by atoms with van der Waals surface area (Å²) in [7, 11) is 1.58. The molecule has 0 aliphatic heterocycles. The van der Waals surface area contributed by atoms with Gasteiger partial charge in [-0.15, -0.1) is 0 Å². The zero-order valence-corrected chi connectivity index (χ0v) is 12.1. The Kier molecular flexibility index (Phi) is 4.55. The molecule has 1 atom stereocenters. The Morgan fingerprint density at radius 3 is 2.42 bits per heavy atom. The quantitative estimate of drug-likeness (QED) is 0.818. The summed E-state index contributed by atoms with van der Waals surface area (Å²) in [6, 6.07) is 9.04. The van der Waals surface area contributed by atoms with Crippen molar-refractivity contribution in [3.05, 3.63) is 35.4 Å². The molecule has 0 fully saturated rings. The van der Waals surface area contributed by atoms with E-state index in [4.69, 9.17) is 4.74 Å². The van der Waals surface area contributed by atoms with Crippen molar-refractivity contribution in [1.29, 1.82) is 5.26 Å². The lowest BCUT2D eigenvalue weighted by molar-refractivity contribution is 0.0258. The molecular formula is C15H20N2O2. The number of hydrogen-bond acceptors (Lipinski definition) is 3. The van der Waals surface area contributed by atoms with Gasteiger partial charge in [-0.05, 0) is 38.8 Å². The van der Waals surface area contributed by atoms with Crippen molar-refractivity contribution >= 4 is 6.09 Å². The van der Waals surface area contributed by atoms with E-state index >= 15 is 0 Å². The SMILES string of the molecule is Cc1ccccc1C(C#N)N(C)C(=O)OC(C)(C)C. The molecule has 0 saturated carbocycles. The summed E-state index contributed by atoms with van der Waals surface area (Å²) < 4.78 is 5.28. The molecule has 0 aromatic heterocycles. The van der Waals surface area contributed by atoms with Crippen LogP contribution in [-0.4, -0.2) is 23.6 Å². The molecule has 0 saturated heterocycles. The minimum atomic E-state index is -0.643. The topological polar surface area (TPSA) is 53.3 Å². The van der Waals surface area contributed by atoms with Gasteiger partial charge in [0.05, 0.1) is 6.07 Å². The summed E-state index contributed by atoms with van der Waals surface area (Å²) in [5, 5.41) is 9.32. The normalized spacial score (nSPS) is 12.4. The fourth-order valence-corrected chi connectivity index (χ4v) is 1.70. The van der Waals surface area contributed by atoms with E-state index in [1.165, 1.54) is 4.90 Å². The predicted octanol–water partition coefficient (Wildman–Crippen LogP) is 3.43. The highest BCUT2D eigenvalue weighted by atomic mass is 16.6. The summed E-state index contributed by atoms with van der Waals surface area (Å²) >= 11 is 0. The van der Waals surface area contributed by atoms with Crippen molar-refractivity contribution in [3.8, 4) is 6.07 Å². The maximum atomic E-state index is 12.0. The Morgan fingerprint density at radius 1 is 1.37 bits per heavy atom. The molecule has 19 heavy (non-hydrogen) atoms. The van der Waals surface area contributed by atoms with E-state index in [1.807, 2.05) is 31.2 Å². The van der Waals surface area contributed by atoms with E-state index in [1.54, 1.807) is 27.8 Å². The van der Waals surface area contributed by atoms with E-state index in [9.17, 15) is 10.1 Å². The molecule has 0 spiro atoms. The summed E-state index contributed by atoms with van der Waals surface area (Å²) in [6.45, 7) is 7.32. The maximum absolute atomic E-state index is 12.0. The standard InChI is InChI=1S/C15H20N2O2/c1-11-8-6-7-9-12(11)13(10-16)17(5)14(18)19-15(2,3)4/h6-9,13H,1-5H3. The minimum Gasteiger partial charge on any atom is -0.444 e. The minimum absolute atomic E-state index is 0.498. The van der Waals surface area contributed by atoms with Gasteiger partial charge in [0.1, 0.15) is 11.6 Å². The number of amides is 1. The zero-order chi connectivity index (χ0) is 14.6. The average Bonchev–Trinajstić information content (AvgIpc) is 2.30. The molecule has 4 nitrogen and oxygen atoms in total. The molecule has 0 radical (unpaired) electrons. The summed E-state index contributed by atoms with van der Waals surface area (Å²) in [4.78, 5) is 13.3. The highest BCUT2D eigenvalue weighted by Crippen LogP contribution is 2.23. The van der Waals surface area contributed by atoms with Gasteiger partial charge in [0.15, 0.2) is 0 Å². The molecule has 1 amide bonds. The fraction of sp³-hybridized carbons (Fsp3) is 0.467. The second kappa shape index (κ2) is 5.75. The maximum Gasteiger partial charge on any atom is 0.411 e. The number of carbonyl (C=O) groups excluding carboxylic acids is 1. The highest BCUT2D eigenvalue weighted by molar-refractivity contribution is 5.69. The summed E-state index contributed by atoms with van der Waals surface area (Å²) in [5.74, 6) is 0. The van der Waals surface area contributed by atoms with Crippen LogP contribution in [0.2, 0.25) is 0 Å². The van der Waals surface area contributed by atoms with Gasteiger partial charge in [0, 0.05) is 7.05 Å². The third-order valence-corrected chi connectivity index (χ3v) is 2.67. The number of carbonyl (C=O) groups is 1. The molecule has 0 aliphatic carbocycles. The van der Waals surface area contributed by atoms with Crippen LogP contribution in [0.5, 0.6) is 0 Å². The lowest BCUT2D eigenvalue weighted by atomic mass is 10.0. The first-order valence-electron chi connectivity index (χ1n) is 6.17. The number of hydrogen-bond donors (Lipinski definition) is 0. The number of nitriles is 1. The third kappa shape index (κ3) is 3.99. The van der Waals surface area contributed by atoms with Crippen LogP contribution in [0.4, 0.5) is 4.79 Å². The van der Waals surface area contributed by atoms with Gasteiger partial charge >= 0.3 is 6.09 Å². The Labute approximate surface area is 114 Å². The van der Waals surface area contributed by atoms with Gasteiger partial charge in [0.2, 0.25) is 0 Å². The summed E-state index contributed by atoms with van der Waals surface area (Å²) in [6.07, 6.45) is -0.498. The number of ether oxygens (including phenoxy) is 1. The third-order valence-electron chi connectivity index (χ3n) is 2.67. The molecule has 0 aliphatic rings. The van der Waals surface area contributed by atoms with Crippen LogP contribution in [0.25, 0.3) is 0 Å². The van der Waals surface area contributed by atoms with Crippen molar-refractivity contribution in [2.24, 2.45) is 0 Å². The lowest BCUT2D eigenvalue weighted by Crippen LogP contribution is -2.36. The van der Waals surface area contributed by atoms with E-state index in [0.29, 0.717) is 0 Å². The smallest absolute Gasteiger partial charge is 0.411 e. The van der Waals surface area contributed by atoms with Gasteiger partial charge in [-0.25, -0.2) is 4.79 Å². The predicted molar refractivity (Wildman–Crippen MR) is 73.5 cm³/mol. The largest absolute Gasteiger partial charge is 0.444 e. The number of aryl methyl sites for hydroxylation is 1. The van der Waals surface area contributed by atoms with E-state index in [0.717, 1.165) is 11.1 Å². The number of nitrogens with zero attached hydrogens (tertiary/aromatic N) is 2. The van der Waals surface area contributed by atoms with Crippen LogP contribution in [0.15, 0.2) is 24.3 Å². The molecule has 4 heteroatoms. The lowest BCUT2D eigenvalue weighted by Gasteiger charge is -2.28. The first-order valence-corrected chi connectivity index (χ1v) is 6.17. The van der Waals surface area contributed by atoms with E-state index < -0.39 is 17.7 Å². The summed E-state index contributed by atoms with van der Waals surface area (Å²) in [5.41, 5.74) is 1.22. The molecule has 102 valence electrons. The van der Waals surface area contributed by atoms with Gasteiger partial charge in [-0.1, -0.05) is 24.3 Å². The van der Waals surface area contributed by atoms with Crippen LogP contribution >= 0.6 is 0 Å². The number of benzene rings is 1. The Bertz CT molecular complexity index is 498. The fourth-order valence-electron chi connectivity index (χ4n) is 1.70. The Balaban J connectivity index is 2.96. The zero-order valence-electron chi connectivity index (χ0n) is 12.1. The average molecular weight is 260 g/mol. The molecule has 1 aromatic carbocycles. The van der Waals surface area contributed by atoms with Crippen molar-refractivity contribution in [3.63, 3.8) is 0 Å². The molecule has 1 aromatic rings. The number of rotatable bonds is 2. The van der Waals surface area contributed by atoms with Gasteiger partial charge in [-0.3, -0.25) is 4.90 Å². The Hall–Kier alpha value is -2.02. The molecule has 0 N–H and O–H groups in total. The first-order chi connectivity index (χ1) is 8.76. The highest BCUT2D eigenvalue weighted by Gasteiger charge is 2.26. The van der Waals surface area contributed by atoms with Gasteiger partial charge in [0.25, 0.3) is 0 Å². The molecule has 0 heterocycles. The van der Waals surface area contributed by atoms with Crippen LogP contribution in [-0.2, 0) is 4.74 Å². The van der Waals surface area contributed by atoms with Crippen molar-refractivity contribution in [2.45, 2.75) is 39.3 Å². The first kappa shape index (κ1) is 15.0. The van der Waals surface area contributed by atoms with Crippen LogP contribution in [0.1, 0.15) is 37.9 Å².